The SMILES string of the molecule is O=S(=O)(C1CC1)N1CC[C@H]2OCCC[C@]2(COc2cccnc2)C1. The highest BCUT2D eigenvalue weighted by atomic mass is 32.2. The first-order valence-electron chi connectivity index (χ1n) is 8.74. The number of hydrogen-bond donors (Lipinski definition) is 0. The fourth-order valence-electron chi connectivity index (χ4n) is 3.91. The van der Waals surface area contributed by atoms with Gasteiger partial charge in [0.15, 0.2) is 0 Å². The summed E-state index contributed by atoms with van der Waals surface area (Å²) in [5.74, 6) is 0.721. The van der Waals surface area contributed by atoms with Crippen LogP contribution in [0.25, 0.3) is 0 Å². The molecule has 6 nitrogen and oxygen atoms in total. The minimum atomic E-state index is -3.15. The van der Waals surface area contributed by atoms with Crippen LogP contribution < -0.4 is 4.74 Å². The van der Waals surface area contributed by atoms with Gasteiger partial charge in [-0.2, -0.15) is 0 Å². The van der Waals surface area contributed by atoms with Gasteiger partial charge in [-0.1, -0.05) is 0 Å². The van der Waals surface area contributed by atoms with E-state index in [1.165, 1.54) is 0 Å². The molecule has 1 aromatic heterocycles. The molecule has 1 saturated carbocycles. The smallest absolute Gasteiger partial charge is 0.217 e. The van der Waals surface area contributed by atoms with E-state index in [9.17, 15) is 8.42 Å². The number of nitrogens with zero attached hydrogens (tertiary/aromatic N) is 2. The number of hydrogen-bond acceptors (Lipinski definition) is 5. The van der Waals surface area contributed by atoms with Crippen LogP contribution >= 0.6 is 0 Å². The molecule has 4 rings (SSSR count). The van der Waals surface area contributed by atoms with Gasteiger partial charge in [0, 0.05) is 31.3 Å². The Morgan fingerprint density at radius 2 is 2.25 bits per heavy atom. The van der Waals surface area contributed by atoms with E-state index in [-0.39, 0.29) is 16.8 Å². The average molecular weight is 352 g/mol. The number of aromatic nitrogens is 1. The number of sulfonamides is 1. The summed E-state index contributed by atoms with van der Waals surface area (Å²) in [6, 6.07) is 3.72. The highest BCUT2D eigenvalue weighted by Crippen LogP contribution is 2.43. The van der Waals surface area contributed by atoms with Gasteiger partial charge in [0.2, 0.25) is 10.0 Å². The van der Waals surface area contributed by atoms with Crippen LogP contribution in [0.2, 0.25) is 0 Å². The number of rotatable bonds is 5. The van der Waals surface area contributed by atoms with Crippen LogP contribution in [0.4, 0.5) is 0 Å². The molecule has 7 heteroatoms. The van der Waals surface area contributed by atoms with Crippen LogP contribution in [0.1, 0.15) is 32.1 Å². The molecule has 0 bridgehead atoms. The van der Waals surface area contributed by atoms with Crippen molar-refractivity contribution in [2.45, 2.75) is 43.5 Å². The molecule has 3 heterocycles. The number of ether oxygens (including phenoxy) is 2. The molecule has 3 aliphatic rings. The van der Waals surface area contributed by atoms with E-state index in [1.807, 2.05) is 12.1 Å². The largest absolute Gasteiger partial charge is 0.491 e. The minimum Gasteiger partial charge on any atom is -0.491 e. The molecule has 132 valence electrons. The summed E-state index contributed by atoms with van der Waals surface area (Å²) >= 11 is 0. The summed E-state index contributed by atoms with van der Waals surface area (Å²) in [5.41, 5.74) is -0.256. The van der Waals surface area contributed by atoms with Crippen LogP contribution in [0, 0.1) is 5.41 Å². The first-order chi connectivity index (χ1) is 11.6. The molecule has 1 aromatic rings. The van der Waals surface area contributed by atoms with Crippen molar-refractivity contribution in [1.29, 1.82) is 0 Å². The van der Waals surface area contributed by atoms with E-state index in [4.69, 9.17) is 9.47 Å². The predicted molar refractivity (Wildman–Crippen MR) is 89.3 cm³/mol. The molecule has 1 aliphatic carbocycles. The van der Waals surface area contributed by atoms with Gasteiger partial charge < -0.3 is 9.47 Å². The Hall–Kier alpha value is -1.18. The molecule has 2 aliphatic heterocycles. The van der Waals surface area contributed by atoms with Crippen LogP contribution in [-0.4, -0.2) is 55.4 Å². The van der Waals surface area contributed by atoms with E-state index in [0.29, 0.717) is 19.7 Å². The van der Waals surface area contributed by atoms with Gasteiger partial charge >= 0.3 is 0 Å². The average Bonchev–Trinajstić information content (AvgIpc) is 3.46. The zero-order valence-electron chi connectivity index (χ0n) is 13.8. The van der Waals surface area contributed by atoms with Gasteiger partial charge in [0.05, 0.1) is 24.2 Å². The summed E-state index contributed by atoms with van der Waals surface area (Å²) in [4.78, 5) is 4.07. The second-order valence-electron chi connectivity index (χ2n) is 7.17. The van der Waals surface area contributed by atoms with Gasteiger partial charge in [-0.3, -0.25) is 4.98 Å². The van der Waals surface area contributed by atoms with E-state index >= 15 is 0 Å². The maximum absolute atomic E-state index is 12.7. The normalized spacial score (nSPS) is 31.4. The number of fused-ring (bicyclic) bond motifs is 1. The molecule has 0 N–H and O–H groups in total. The molecule has 0 radical (unpaired) electrons. The van der Waals surface area contributed by atoms with Crippen molar-refractivity contribution in [3.05, 3.63) is 24.5 Å². The van der Waals surface area contributed by atoms with Crippen LogP contribution in [0.3, 0.4) is 0 Å². The molecular weight excluding hydrogens is 328 g/mol. The number of piperidine rings is 1. The fourth-order valence-corrected chi connectivity index (χ4v) is 5.86. The van der Waals surface area contributed by atoms with Gasteiger partial charge in [-0.15, -0.1) is 0 Å². The van der Waals surface area contributed by atoms with Crippen molar-refractivity contribution >= 4 is 10.0 Å². The lowest BCUT2D eigenvalue weighted by molar-refractivity contribution is -0.128. The Balaban J connectivity index is 1.53. The lowest BCUT2D eigenvalue weighted by Gasteiger charge is -2.49. The maximum Gasteiger partial charge on any atom is 0.217 e. The van der Waals surface area contributed by atoms with Crippen LogP contribution in [-0.2, 0) is 14.8 Å². The molecule has 3 fully saturated rings. The zero-order valence-corrected chi connectivity index (χ0v) is 14.6. The molecular formula is C17H24N2O4S. The molecule has 2 atom stereocenters. The summed E-state index contributed by atoms with van der Waals surface area (Å²) in [7, 11) is -3.15. The summed E-state index contributed by atoms with van der Waals surface area (Å²) in [5, 5.41) is -0.158. The summed E-state index contributed by atoms with van der Waals surface area (Å²) in [6.07, 6.45) is 7.73. The van der Waals surface area contributed by atoms with Crippen molar-refractivity contribution in [3.8, 4) is 5.75 Å². The quantitative estimate of drug-likeness (QED) is 0.809. The molecule has 0 aromatic carbocycles. The van der Waals surface area contributed by atoms with Gasteiger partial charge in [0.25, 0.3) is 0 Å². The molecule has 0 amide bonds. The fraction of sp³-hybridized carbons (Fsp3) is 0.706. The standard InChI is InChI=1S/C17H24N2O4S/c20-24(21,15-4-5-15)19-9-6-16-17(12-19,7-2-10-22-16)13-23-14-3-1-8-18-11-14/h1,3,8,11,15-16H,2,4-7,9-10,12-13H2/t16-,17-/m1/s1. The van der Waals surface area contributed by atoms with E-state index < -0.39 is 10.0 Å². The van der Waals surface area contributed by atoms with Gasteiger partial charge in [0.1, 0.15) is 5.75 Å². The van der Waals surface area contributed by atoms with Crippen molar-refractivity contribution in [3.63, 3.8) is 0 Å². The molecule has 24 heavy (non-hydrogen) atoms. The van der Waals surface area contributed by atoms with Crippen molar-refractivity contribution < 1.29 is 17.9 Å². The molecule has 0 spiro atoms. The van der Waals surface area contributed by atoms with Crippen molar-refractivity contribution in [2.24, 2.45) is 5.41 Å². The third-order valence-electron chi connectivity index (χ3n) is 5.42. The lowest BCUT2D eigenvalue weighted by atomic mass is 9.73. The van der Waals surface area contributed by atoms with E-state index in [2.05, 4.69) is 4.98 Å². The highest BCUT2D eigenvalue weighted by Gasteiger charge is 2.51. The topological polar surface area (TPSA) is 68.7 Å². The van der Waals surface area contributed by atoms with Gasteiger partial charge in [-0.25, -0.2) is 12.7 Å². The summed E-state index contributed by atoms with van der Waals surface area (Å²) in [6.45, 7) is 2.31. The third kappa shape index (κ3) is 3.05. The van der Waals surface area contributed by atoms with Crippen molar-refractivity contribution in [2.75, 3.05) is 26.3 Å². The lowest BCUT2D eigenvalue weighted by Crippen LogP contribution is -2.58. The highest BCUT2D eigenvalue weighted by molar-refractivity contribution is 7.90. The molecule has 2 saturated heterocycles. The van der Waals surface area contributed by atoms with E-state index in [0.717, 1.165) is 44.5 Å². The van der Waals surface area contributed by atoms with E-state index in [1.54, 1.807) is 16.7 Å². The van der Waals surface area contributed by atoms with Crippen LogP contribution in [0.5, 0.6) is 5.75 Å². The number of pyridine rings is 1. The predicted octanol–water partition coefficient (Wildman–Crippen LogP) is 1.82. The second kappa shape index (κ2) is 6.28. The van der Waals surface area contributed by atoms with Crippen molar-refractivity contribution in [1.82, 2.24) is 9.29 Å². The Morgan fingerprint density at radius 1 is 1.38 bits per heavy atom. The third-order valence-corrected chi connectivity index (χ3v) is 7.76. The summed E-state index contributed by atoms with van der Waals surface area (Å²) < 4.78 is 39.0. The minimum absolute atomic E-state index is 0.0774. The van der Waals surface area contributed by atoms with Gasteiger partial charge in [-0.05, 0) is 44.2 Å². The Kier molecular flexibility index (Phi) is 4.26. The first-order valence-corrected chi connectivity index (χ1v) is 10.2. The second-order valence-corrected chi connectivity index (χ2v) is 9.38. The Morgan fingerprint density at radius 3 is 3.00 bits per heavy atom. The monoisotopic (exact) mass is 352 g/mol. The van der Waals surface area contributed by atoms with Crippen LogP contribution in [0.15, 0.2) is 24.5 Å². The molecule has 0 unspecified atom stereocenters. The Labute approximate surface area is 143 Å². The Bertz CT molecular complexity index is 677. The first kappa shape index (κ1) is 16.3. The maximum atomic E-state index is 12.7. The zero-order chi connectivity index (χ0) is 16.6.